The smallest absolute Gasteiger partial charge is 0.0809 e. The van der Waals surface area contributed by atoms with Crippen LogP contribution in [0, 0.1) is 0 Å². The fourth-order valence-corrected chi connectivity index (χ4v) is 4.72. The summed E-state index contributed by atoms with van der Waals surface area (Å²) in [5.74, 6) is 0. The molecule has 0 aromatic heterocycles. The van der Waals surface area contributed by atoms with Gasteiger partial charge in [0.05, 0.1) is 0 Å². The van der Waals surface area contributed by atoms with E-state index in [0.29, 0.717) is 0 Å². The first kappa shape index (κ1) is 11.8. The summed E-state index contributed by atoms with van der Waals surface area (Å²) in [6, 6.07) is 0. The molecule has 0 aliphatic heterocycles. The third-order valence-electron chi connectivity index (χ3n) is 3.15. The normalized spacial score (nSPS) is 19.3. The summed E-state index contributed by atoms with van der Waals surface area (Å²) in [7, 11) is -1.24. The van der Waals surface area contributed by atoms with Crippen LogP contribution in [0.15, 0.2) is 46.8 Å². The van der Waals surface area contributed by atoms with Crippen molar-refractivity contribution in [2.75, 3.05) is 0 Å². The van der Waals surface area contributed by atoms with Crippen LogP contribution in [0.5, 0.6) is 0 Å². The van der Waals surface area contributed by atoms with E-state index in [1.807, 2.05) is 0 Å². The molecule has 2 aliphatic carbocycles. The molecule has 2 rings (SSSR count). The molecule has 2 aliphatic rings. The van der Waals surface area contributed by atoms with Crippen LogP contribution in [0.4, 0.5) is 0 Å². The second-order valence-corrected chi connectivity index (χ2v) is 8.81. The van der Waals surface area contributed by atoms with Gasteiger partial charge in [-0.1, -0.05) is 59.9 Å². The minimum absolute atomic E-state index is 0. The van der Waals surface area contributed by atoms with Crippen LogP contribution in [-0.4, -0.2) is 8.07 Å². The van der Waals surface area contributed by atoms with Crippen molar-refractivity contribution in [2.24, 2.45) is 0 Å². The van der Waals surface area contributed by atoms with E-state index < -0.39 is 8.07 Å². The Hall–Kier alpha value is -0.226. The topological polar surface area (TPSA) is 0 Å². The van der Waals surface area contributed by atoms with Gasteiger partial charge >= 0.3 is 18.9 Å². The number of rotatable bonds is 2. The Labute approximate surface area is 99.7 Å². The third kappa shape index (κ3) is 2.06. The quantitative estimate of drug-likeness (QED) is 0.565. The SMILES string of the molecule is C[Si](C)(C1=CC=CC1)C1=CC=CC1.[Li+]. The number of hydrogen-bond acceptors (Lipinski definition) is 0. The van der Waals surface area contributed by atoms with Crippen LogP contribution in [0.3, 0.4) is 0 Å². The summed E-state index contributed by atoms with van der Waals surface area (Å²) in [5.41, 5.74) is 0. The Morgan fingerprint density at radius 2 is 1.36 bits per heavy atom. The third-order valence-corrected chi connectivity index (χ3v) is 7.10. The monoisotopic (exact) mass is 195 g/mol. The number of hydrogen-bond donors (Lipinski definition) is 0. The van der Waals surface area contributed by atoms with Crippen LogP contribution >= 0.6 is 0 Å². The summed E-state index contributed by atoms with van der Waals surface area (Å²) in [4.78, 5) is 0. The van der Waals surface area contributed by atoms with Crippen molar-refractivity contribution in [1.29, 1.82) is 0 Å². The molecular weight excluding hydrogens is 179 g/mol. The molecule has 0 fully saturated rings. The molecule has 0 bridgehead atoms. The molecule has 0 spiro atoms. The van der Waals surface area contributed by atoms with Crippen LogP contribution in [0.2, 0.25) is 13.1 Å². The number of allylic oxidation sites excluding steroid dienone is 8. The average molecular weight is 195 g/mol. The maximum absolute atomic E-state index is 2.46. The zero-order valence-corrected chi connectivity index (χ0v) is 10.4. The first-order valence-corrected chi connectivity index (χ1v) is 7.93. The molecule has 0 aromatic carbocycles. The summed E-state index contributed by atoms with van der Waals surface area (Å²) >= 11 is 0. The molecule has 0 N–H and O–H groups in total. The van der Waals surface area contributed by atoms with Gasteiger partial charge in [0.1, 0.15) is 8.07 Å². The van der Waals surface area contributed by atoms with Crippen LogP contribution in [0.1, 0.15) is 12.8 Å². The zero-order chi connectivity index (χ0) is 9.31. The molecular formula is C12H16LiSi+. The fourth-order valence-electron chi connectivity index (χ4n) is 2.03. The molecule has 14 heavy (non-hydrogen) atoms. The Kier molecular flexibility index (Phi) is 3.83. The Bertz CT molecular complexity index is 300. The maximum Gasteiger partial charge on any atom is 1.00 e. The van der Waals surface area contributed by atoms with Crippen molar-refractivity contribution < 1.29 is 18.9 Å². The van der Waals surface area contributed by atoms with E-state index in [0.717, 1.165) is 0 Å². The van der Waals surface area contributed by atoms with Crippen LogP contribution in [-0.2, 0) is 0 Å². The van der Waals surface area contributed by atoms with Gasteiger partial charge in [0.25, 0.3) is 0 Å². The molecule has 0 atom stereocenters. The summed E-state index contributed by atoms with van der Waals surface area (Å²) < 4.78 is 0. The van der Waals surface area contributed by atoms with Crippen molar-refractivity contribution in [3.05, 3.63) is 46.8 Å². The molecule has 0 saturated heterocycles. The predicted molar refractivity (Wildman–Crippen MR) is 61.2 cm³/mol. The van der Waals surface area contributed by atoms with E-state index in [1.165, 1.54) is 12.8 Å². The molecule has 68 valence electrons. The first-order valence-electron chi connectivity index (χ1n) is 4.93. The van der Waals surface area contributed by atoms with Crippen molar-refractivity contribution >= 4 is 8.07 Å². The van der Waals surface area contributed by atoms with E-state index in [1.54, 1.807) is 10.4 Å². The summed E-state index contributed by atoms with van der Waals surface area (Å²) in [6.45, 7) is 4.93. The molecule has 0 unspecified atom stereocenters. The van der Waals surface area contributed by atoms with E-state index in [-0.39, 0.29) is 18.9 Å². The van der Waals surface area contributed by atoms with Crippen molar-refractivity contribution in [2.45, 2.75) is 25.9 Å². The molecule has 0 amide bonds. The van der Waals surface area contributed by atoms with Gasteiger partial charge in [-0.2, -0.15) is 0 Å². The van der Waals surface area contributed by atoms with E-state index in [4.69, 9.17) is 0 Å². The fraction of sp³-hybridized carbons (Fsp3) is 0.333. The van der Waals surface area contributed by atoms with Crippen molar-refractivity contribution in [1.82, 2.24) is 0 Å². The molecule has 0 saturated carbocycles. The van der Waals surface area contributed by atoms with Crippen molar-refractivity contribution in [3.63, 3.8) is 0 Å². The van der Waals surface area contributed by atoms with Crippen LogP contribution < -0.4 is 18.9 Å². The minimum atomic E-state index is -1.24. The van der Waals surface area contributed by atoms with E-state index in [2.05, 4.69) is 49.6 Å². The minimum Gasteiger partial charge on any atom is -0.0809 e. The van der Waals surface area contributed by atoms with Crippen LogP contribution in [0.25, 0.3) is 0 Å². The van der Waals surface area contributed by atoms with E-state index in [9.17, 15) is 0 Å². The molecule has 0 heterocycles. The van der Waals surface area contributed by atoms with Gasteiger partial charge < -0.3 is 0 Å². The van der Waals surface area contributed by atoms with Gasteiger partial charge in [-0.05, 0) is 12.8 Å². The van der Waals surface area contributed by atoms with E-state index >= 15 is 0 Å². The standard InChI is InChI=1S/C12H16Si.Li/c1-13(2,11-7-3-4-8-11)12-9-5-6-10-12;/h3-7,9H,8,10H2,1-2H3;/q;+1. The molecule has 0 radical (unpaired) electrons. The zero-order valence-electron chi connectivity index (χ0n) is 9.38. The predicted octanol–water partition coefficient (Wildman–Crippen LogP) is 0.550. The Morgan fingerprint density at radius 1 is 0.929 bits per heavy atom. The van der Waals surface area contributed by atoms with Gasteiger partial charge in [-0.3, -0.25) is 0 Å². The molecule has 2 heteroatoms. The summed E-state index contributed by atoms with van der Waals surface area (Å²) in [6.07, 6.45) is 16.0. The molecule has 0 aromatic rings. The average Bonchev–Trinajstić information content (AvgIpc) is 2.78. The van der Waals surface area contributed by atoms with Crippen molar-refractivity contribution in [3.8, 4) is 0 Å². The van der Waals surface area contributed by atoms with Gasteiger partial charge in [-0.25, -0.2) is 0 Å². The maximum atomic E-state index is 2.46. The van der Waals surface area contributed by atoms with Gasteiger partial charge in [-0.15, -0.1) is 0 Å². The Balaban J connectivity index is 0.000000980. The van der Waals surface area contributed by atoms with Gasteiger partial charge in [0.2, 0.25) is 0 Å². The Morgan fingerprint density at radius 3 is 1.64 bits per heavy atom. The second kappa shape index (κ2) is 4.53. The first-order chi connectivity index (χ1) is 6.21. The molecule has 0 nitrogen and oxygen atoms in total. The van der Waals surface area contributed by atoms with Gasteiger partial charge in [0.15, 0.2) is 0 Å². The van der Waals surface area contributed by atoms with Gasteiger partial charge in [0, 0.05) is 0 Å². The largest absolute Gasteiger partial charge is 1.00 e. The second-order valence-electron chi connectivity index (χ2n) is 4.27. The summed E-state index contributed by atoms with van der Waals surface area (Å²) in [5, 5.41) is 3.37.